The van der Waals surface area contributed by atoms with Crippen LogP contribution in [0.25, 0.3) is 10.8 Å². The fourth-order valence-electron chi connectivity index (χ4n) is 3.65. The first-order chi connectivity index (χ1) is 14.6. The molecule has 0 spiro atoms. The van der Waals surface area contributed by atoms with Crippen molar-refractivity contribution in [1.29, 1.82) is 0 Å². The Kier molecular flexibility index (Phi) is 8.07. The number of nitrogens with zero attached hydrogens (tertiary/aromatic N) is 2. The molecule has 31 heavy (non-hydrogen) atoms. The summed E-state index contributed by atoms with van der Waals surface area (Å²) in [7, 11) is -3.53. The molecule has 0 bridgehead atoms. The van der Waals surface area contributed by atoms with Gasteiger partial charge in [-0.2, -0.15) is 0 Å². The number of piperazine rings is 1. The van der Waals surface area contributed by atoms with Gasteiger partial charge in [0, 0.05) is 45.8 Å². The maximum atomic E-state index is 12.6. The van der Waals surface area contributed by atoms with Gasteiger partial charge < -0.3 is 9.84 Å². The fourth-order valence-corrected chi connectivity index (χ4v) is 4.70. The van der Waals surface area contributed by atoms with Gasteiger partial charge in [-0.05, 0) is 43.7 Å². The van der Waals surface area contributed by atoms with Gasteiger partial charge in [-0.25, -0.2) is 13.1 Å². The summed E-state index contributed by atoms with van der Waals surface area (Å²) < 4.78 is 33.7. The maximum absolute atomic E-state index is 12.6. The van der Waals surface area contributed by atoms with Crippen LogP contribution < -0.4 is 4.72 Å². The van der Waals surface area contributed by atoms with Crippen molar-refractivity contribution in [3.05, 3.63) is 42.5 Å². The second-order valence-electron chi connectivity index (χ2n) is 9.13. The number of aliphatic hydroxyl groups is 1. The first kappa shape index (κ1) is 24.1. The van der Waals surface area contributed by atoms with Gasteiger partial charge in [0.15, 0.2) is 0 Å². The molecule has 1 heterocycles. The Morgan fingerprint density at radius 3 is 2.35 bits per heavy atom. The van der Waals surface area contributed by atoms with Crippen LogP contribution in [-0.4, -0.2) is 87.4 Å². The molecule has 1 atom stereocenters. The van der Waals surface area contributed by atoms with Crippen molar-refractivity contribution in [2.24, 2.45) is 0 Å². The van der Waals surface area contributed by atoms with Crippen LogP contribution in [0.1, 0.15) is 20.8 Å². The van der Waals surface area contributed by atoms with Crippen LogP contribution in [0.15, 0.2) is 47.4 Å². The van der Waals surface area contributed by atoms with Crippen molar-refractivity contribution in [1.82, 2.24) is 14.5 Å². The zero-order valence-electron chi connectivity index (χ0n) is 18.8. The van der Waals surface area contributed by atoms with Crippen LogP contribution in [-0.2, 0) is 14.8 Å². The summed E-state index contributed by atoms with van der Waals surface area (Å²) in [5.74, 6) is 0. The number of aliphatic hydroxyl groups excluding tert-OH is 1. The lowest BCUT2D eigenvalue weighted by Crippen LogP contribution is -2.50. The van der Waals surface area contributed by atoms with Crippen molar-refractivity contribution in [2.45, 2.75) is 37.4 Å². The molecule has 0 amide bonds. The van der Waals surface area contributed by atoms with Crippen molar-refractivity contribution >= 4 is 20.8 Å². The van der Waals surface area contributed by atoms with E-state index in [1.807, 2.05) is 51.1 Å². The van der Waals surface area contributed by atoms with Crippen molar-refractivity contribution in [2.75, 3.05) is 52.4 Å². The second kappa shape index (κ2) is 10.4. The Bertz CT molecular complexity index is 951. The molecule has 1 aliphatic heterocycles. The third-order valence-corrected chi connectivity index (χ3v) is 6.85. The summed E-state index contributed by atoms with van der Waals surface area (Å²) >= 11 is 0. The van der Waals surface area contributed by atoms with E-state index in [0.717, 1.165) is 37.0 Å². The highest BCUT2D eigenvalue weighted by Gasteiger charge is 2.21. The molecule has 172 valence electrons. The normalized spacial score (nSPS) is 17.8. The van der Waals surface area contributed by atoms with Gasteiger partial charge in [-0.15, -0.1) is 0 Å². The molecule has 0 radical (unpaired) electrons. The summed E-state index contributed by atoms with van der Waals surface area (Å²) in [5.41, 5.74) is -0.250. The molecule has 2 N–H and O–H groups in total. The number of hydrogen-bond donors (Lipinski definition) is 2. The van der Waals surface area contributed by atoms with Gasteiger partial charge in [0.2, 0.25) is 10.0 Å². The third kappa shape index (κ3) is 7.52. The average molecular weight is 450 g/mol. The molecular weight excluding hydrogens is 414 g/mol. The molecule has 0 aromatic heterocycles. The van der Waals surface area contributed by atoms with E-state index in [9.17, 15) is 13.5 Å². The average Bonchev–Trinajstić information content (AvgIpc) is 2.72. The zero-order chi connectivity index (χ0) is 22.5. The molecule has 2 aromatic carbocycles. The van der Waals surface area contributed by atoms with Crippen molar-refractivity contribution < 1.29 is 18.3 Å². The van der Waals surface area contributed by atoms with Gasteiger partial charge in [-0.1, -0.05) is 30.3 Å². The highest BCUT2D eigenvalue weighted by atomic mass is 32.2. The Balaban J connectivity index is 1.40. The molecular formula is C23H35N3O4S. The summed E-state index contributed by atoms with van der Waals surface area (Å²) in [6, 6.07) is 12.9. The predicted molar refractivity (Wildman–Crippen MR) is 124 cm³/mol. The number of fused-ring (bicyclic) bond motifs is 1. The molecule has 8 heteroatoms. The molecule has 1 fully saturated rings. The number of ether oxygens (including phenoxy) is 1. The minimum atomic E-state index is -3.53. The third-order valence-electron chi connectivity index (χ3n) is 5.39. The highest BCUT2D eigenvalue weighted by molar-refractivity contribution is 7.89. The van der Waals surface area contributed by atoms with E-state index in [4.69, 9.17) is 4.74 Å². The Labute approximate surface area is 186 Å². The van der Waals surface area contributed by atoms with Crippen LogP contribution >= 0.6 is 0 Å². The van der Waals surface area contributed by atoms with E-state index < -0.39 is 16.1 Å². The molecule has 2 aromatic rings. The van der Waals surface area contributed by atoms with Crippen LogP contribution in [0, 0.1) is 0 Å². The second-order valence-corrected chi connectivity index (χ2v) is 10.9. The topological polar surface area (TPSA) is 82.1 Å². The molecule has 0 saturated carbocycles. The van der Waals surface area contributed by atoms with Crippen LogP contribution in [0.4, 0.5) is 0 Å². The van der Waals surface area contributed by atoms with Crippen LogP contribution in [0.3, 0.4) is 0 Å². The number of nitrogens with one attached hydrogen (secondary N) is 1. The van der Waals surface area contributed by atoms with Gasteiger partial charge in [0.1, 0.15) is 0 Å². The van der Waals surface area contributed by atoms with Crippen molar-refractivity contribution in [3.63, 3.8) is 0 Å². The molecule has 0 aliphatic carbocycles. The van der Waals surface area contributed by atoms with E-state index >= 15 is 0 Å². The van der Waals surface area contributed by atoms with Gasteiger partial charge in [0.05, 0.1) is 23.2 Å². The van der Waals surface area contributed by atoms with E-state index in [1.165, 1.54) is 0 Å². The van der Waals surface area contributed by atoms with Gasteiger partial charge in [-0.3, -0.25) is 9.80 Å². The predicted octanol–water partition coefficient (Wildman–Crippen LogP) is 1.91. The summed E-state index contributed by atoms with van der Waals surface area (Å²) in [6.07, 6.45) is -0.500. The number of sulfonamides is 1. The number of β-amino-alcohol motifs (C(OH)–C–C–N with tert-alkyl or cyclic N) is 1. The zero-order valence-corrected chi connectivity index (χ0v) is 19.6. The van der Waals surface area contributed by atoms with Crippen molar-refractivity contribution in [3.8, 4) is 0 Å². The van der Waals surface area contributed by atoms with E-state index in [0.29, 0.717) is 31.1 Å². The minimum absolute atomic E-state index is 0.250. The summed E-state index contributed by atoms with van der Waals surface area (Å²) in [6.45, 7) is 11.3. The van der Waals surface area contributed by atoms with E-state index in [2.05, 4.69) is 14.5 Å². The monoisotopic (exact) mass is 449 g/mol. The SMILES string of the molecule is CC(C)(C)OCC(O)CN1CCN(CCNS(=O)(=O)c2ccc3ccccc3c2)CC1. The number of rotatable bonds is 9. The quantitative estimate of drug-likeness (QED) is 0.609. The Morgan fingerprint density at radius 1 is 1.03 bits per heavy atom. The highest BCUT2D eigenvalue weighted by Crippen LogP contribution is 2.18. The lowest BCUT2D eigenvalue weighted by molar-refractivity contribution is -0.0585. The van der Waals surface area contributed by atoms with Gasteiger partial charge in [0.25, 0.3) is 0 Å². The summed E-state index contributed by atoms with van der Waals surface area (Å²) in [4.78, 5) is 4.77. The van der Waals surface area contributed by atoms with Crippen LogP contribution in [0.2, 0.25) is 0 Å². The molecule has 1 aliphatic rings. The fraction of sp³-hybridized carbons (Fsp3) is 0.565. The minimum Gasteiger partial charge on any atom is -0.389 e. The molecule has 7 nitrogen and oxygen atoms in total. The molecule has 1 saturated heterocycles. The van der Waals surface area contributed by atoms with E-state index in [-0.39, 0.29) is 5.60 Å². The summed E-state index contributed by atoms with van der Waals surface area (Å²) in [5, 5.41) is 12.1. The largest absolute Gasteiger partial charge is 0.389 e. The Morgan fingerprint density at radius 2 is 1.68 bits per heavy atom. The number of benzene rings is 2. The Hall–Kier alpha value is -1.55. The lowest BCUT2D eigenvalue weighted by atomic mass is 10.1. The standard InChI is InChI=1S/C23H35N3O4S/c1-23(2,3)30-18-21(27)17-26-14-12-25(13-15-26)11-10-24-31(28,29)22-9-8-19-6-4-5-7-20(19)16-22/h4-9,16,21,24,27H,10-15,17-18H2,1-3H3. The first-order valence-corrected chi connectivity index (χ1v) is 12.4. The first-order valence-electron chi connectivity index (χ1n) is 10.9. The van der Waals surface area contributed by atoms with E-state index in [1.54, 1.807) is 12.1 Å². The lowest BCUT2D eigenvalue weighted by Gasteiger charge is -2.35. The van der Waals surface area contributed by atoms with Gasteiger partial charge >= 0.3 is 0 Å². The molecule has 1 unspecified atom stereocenters. The number of hydrogen-bond acceptors (Lipinski definition) is 6. The maximum Gasteiger partial charge on any atom is 0.240 e. The molecule has 3 rings (SSSR count). The smallest absolute Gasteiger partial charge is 0.240 e. The van der Waals surface area contributed by atoms with Crippen LogP contribution in [0.5, 0.6) is 0 Å².